The number of nitrogens with one attached hydrogen (secondary N) is 2. The van der Waals surface area contributed by atoms with E-state index in [-0.39, 0.29) is 5.82 Å². The summed E-state index contributed by atoms with van der Waals surface area (Å²) in [7, 11) is 0. The van der Waals surface area contributed by atoms with Crippen LogP contribution in [0.3, 0.4) is 0 Å². The number of hydrogen-bond donors (Lipinski definition) is 2. The maximum Gasteiger partial charge on any atom is 0.137 e. The number of halogens is 2. The molecule has 1 aromatic heterocycles. The molecular weight excluding hydrogens is 285 g/mol. The number of aromatic amines is 1. The molecule has 0 aliphatic rings. The first-order valence-electron chi connectivity index (χ1n) is 5.40. The minimum absolute atomic E-state index is 0.263. The van der Waals surface area contributed by atoms with Gasteiger partial charge in [-0.3, -0.25) is 0 Å². The molecule has 5 heteroatoms. The van der Waals surface area contributed by atoms with E-state index in [4.69, 9.17) is 0 Å². The van der Waals surface area contributed by atoms with Crippen LogP contribution in [-0.2, 0) is 6.54 Å². The van der Waals surface area contributed by atoms with Crippen LogP contribution in [0.15, 0.2) is 28.9 Å². The Hall–Kier alpha value is -1.20. The van der Waals surface area contributed by atoms with Crippen molar-refractivity contribution in [3.05, 3.63) is 40.5 Å². The van der Waals surface area contributed by atoms with Crippen molar-refractivity contribution in [2.24, 2.45) is 0 Å². The first kappa shape index (κ1) is 12.3. The monoisotopic (exact) mass is 297 g/mol. The Labute approximate surface area is 108 Å². The van der Waals surface area contributed by atoms with Gasteiger partial charge in [0.1, 0.15) is 11.6 Å². The molecule has 1 aromatic carbocycles. The minimum atomic E-state index is -0.263. The van der Waals surface area contributed by atoms with Gasteiger partial charge in [-0.2, -0.15) is 0 Å². The molecule has 2 aromatic rings. The van der Waals surface area contributed by atoms with Gasteiger partial charge in [0.15, 0.2) is 0 Å². The van der Waals surface area contributed by atoms with Gasteiger partial charge in [0.25, 0.3) is 0 Å². The Kier molecular flexibility index (Phi) is 3.91. The van der Waals surface area contributed by atoms with E-state index in [2.05, 4.69) is 31.2 Å². The molecule has 2 rings (SSSR count). The van der Waals surface area contributed by atoms with Gasteiger partial charge < -0.3 is 10.3 Å². The third kappa shape index (κ3) is 2.92. The van der Waals surface area contributed by atoms with Crippen LogP contribution in [0.1, 0.15) is 12.7 Å². The average molecular weight is 298 g/mol. The van der Waals surface area contributed by atoms with E-state index in [0.29, 0.717) is 11.0 Å². The molecule has 0 saturated carbocycles. The summed E-state index contributed by atoms with van der Waals surface area (Å²) >= 11 is 3.17. The Balaban J connectivity index is 2.21. The summed E-state index contributed by atoms with van der Waals surface area (Å²) < 4.78 is 13.6. The van der Waals surface area contributed by atoms with Crippen LogP contribution in [0.2, 0.25) is 0 Å². The molecule has 2 N–H and O–H groups in total. The summed E-state index contributed by atoms with van der Waals surface area (Å²) in [6, 6.07) is 4.90. The Bertz CT molecular complexity index is 510. The zero-order valence-corrected chi connectivity index (χ0v) is 11.0. The van der Waals surface area contributed by atoms with Crippen LogP contribution >= 0.6 is 15.9 Å². The summed E-state index contributed by atoms with van der Waals surface area (Å²) in [6.07, 6.45) is 1.76. The van der Waals surface area contributed by atoms with E-state index in [9.17, 15) is 4.39 Å². The van der Waals surface area contributed by atoms with Crippen molar-refractivity contribution in [1.29, 1.82) is 0 Å². The highest BCUT2D eigenvalue weighted by Gasteiger charge is 2.05. The van der Waals surface area contributed by atoms with Crippen LogP contribution in [0.25, 0.3) is 11.3 Å². The highest BCUT2D eigenvalue weighted by Crippen LogP contribution is 2.23. The van der Waals surface area contributed by atoms with E-state index >= 15 is 0 Å². The Morgan fingerprint density at radius 3 is 3.00 bits per heavy atom. The number of H-pyrrole nitrogens is 1. The van der Waals surface area contributed by atoms with Crippen molar-refractivity contribution in [1.82, 2.24) is 15.3 Å². The Morgan fingerprint density at radius 1 is 1.47 bits per heavy atom. The summed E-state index contributed by atoms with van der Waals surface area (Å²) in [5.74, 6) is 0.614. The molecule has 0 radical (unpaired) electrons. The fourth-order valence-corrected chi connectivity index (χ4v) is 1.88. The predicted molar refractivity (Wildman–Crippen MR) is 69.1 cm³/mol. The maximum atomic E-state index is 13.1. The number of imidazole rings is 1. The molecule has 17 heavy (non-hydrogen) atoms. The largest absolute Gasteiger partial charge is 0.341 e. The van der Waals surface area contributed by atoms with Gasteiger partial charge in [-0.05, 0) is 40.7 Å². The maximum absolute atomic E-state index is 13.1. The number of aromatic nitrogens is 2. The quantitative estimate of drug-likeness (QED) is 0.910. The van der Waals surface area contributed by atoms with E-state index in [1.807, 2.05) is 6.92 Å². The lowest BCUT2D eigenvalue weighted by Gasteiger charge is -2.00. The van der Waals surface area contributed by atoms with Crippen LogP contribution in [0.4, 0.5) is 4.39 Å². The van der Waals surface area contributed by atoms with Gasteiger partial charge in [-0.15, -0.1) is 0 Å². The van der Waals surface area contributed by atoms with Gasteiger partial charge >= 0.3 is 0 Å². The highest BCUT2D eigenvalue weighted by molar-refractivity contribution is 9.10. The first-order chi connectivity index (χ1) is 8.20. The predicted octanol–water partition coefficient (Wildman–Crippen LogP) is 3.09. The summed E-state index contributed by atoms with van der Waals surface area (Å²) in [4.78, 5) is 7.45. The first-order valence-corrected chi connectivity index (χ1v) is 6.20. The van der Waals surface area contributed by atoms with E-state index < -0.39 is 0 Å². The van der Waals surface area contributed by atoms with Crippen LogP contribution in [0.5, 0.6) is 0 Å². The number of benzene rings is 1. The van der Waals surface area contributed by atoms with Crippen molar-refractivity contribution in [3.63, 3.8) is 0 Å². The molecule has 1 heterocycles. The second kappa shape index (κ2) is 5.42. The molecule has 3 nitrogen and oxygen atoms in total. The molecule has 0 spiro atoms. The second-order valence-electron chi connectivity index (χ2n) is 3.65. The summed E-state index contributed by atoms with van der Waals surface area (Å²) in [5.41, 5.74) is 1.80. The number of rotatable bonds is 4. The lowest BCUT2D eigenvalue weighted by atomic mass is 10.2. The van der Waals surface area contributed by atoms with Crippen LogP contribution in [0, 0.1) is 5.82 Å². The van der Waals surface area contributed by atoms with Crippen molar-refractivity contribution >= 4 is 15.9 Å². The summed E-state index contributed by atoms with van der Waals surface area (Å²) in [5, 5.41) is 3.19. The van der Waals surface area contributed by atoms with Crippen molar-refractivity contribution in [2.75, 3.05) is 6.54 Å². The average Bonchev–Trinajstić information content (AvgIpc) is 2.79. The molecule has 0 aliphatic heterocycles. The van der Waals surface area contributed by atoms with Crippen molar-refractivity contribution in [2.45, 2.75) is 13.5 Å². The van der Waals surface area contributed by atoms with Crippen molar-refractivity contribution in [3.8, 4) is 11.3 Å². The topological polar surface area (TPSA) is 40.7 Å². The third-order valence-electron chi connectivity index (χ3n) is 2.40. The van der Waals surface area contributed by atoms with Crippen LogP contribution in [-0.4, -0.2) is 16.5 Å². The lowest BCUT2D eigenvalue weighted by molar-refractivity contribution is 0.621. The van der Waals surface area contributed by atoms with Gasteiger partial charge in [0.2, 0.25) is 0 Å². The summed E-state index contributed by atoms with van der Waals surface area (Å²) in [6.45, 7) is 3.65. The van der Waals surface area contributed by atoms with Gasteiger partial charge in [-0.25, -0.2) is 9.37 Å². The van der Waals surface area contributed by atoms with Gasteiger partial charge in [0, 0.05) is 5.56 Å². The number of nitrogens with zero attached hydrogens (tertiary/aromatic N) is 1. The zero-order valence-electron chi connectivity index (χ0n) is 9.43. The fourth-order valence-electron chi connectivity index (χ4n) is 1.51. The molecule has 0 fully saturated rings. The molecule has 0 unspecified atom stereocenters. The highest BCUT2D eigenvalue weighted by atomic mass is 79.9. The number of hydrogen-bond acceptors (Lipinski definition) is 2. The van der Waals surface area contributed by atoms with Crippen LogP contribution < -0.4 is 5.32 Å². The second-order valence-corrected chi connectivity index (χ2v) is 4.51. The van der Waals surface area contributed by atoms with Crippen molar-refractivity contribution < 1.29 is 4.39 Å². The SMILES string of the molecule is CCNCc1ncc(-c2ccc(F)c(Br)c2)[nH]1. The fraction of sp³-hybridized carbons (Fsp3) is 0.250. The van der Waals surface area contributed by atoms with E-state index in [0.717, 1.165) is 23.6 Å². The zero-order chi connectivity index (χ0) is 12.3. The molecule has 90 valence electrons. The van der Waals surface area contributed by atoms with Gasteiger partial charge in [0.05, 0.1) is 22.9 Å². The van der Waals surface area contributed by atoms with Gasteiger partial charge in [-0.1, -0.05) is 6.92 Å². The third-order valence-corrected chi connectivity index (χ3v) is 3.01. The Morgan fingerprint density at radius 2 is 2.29 bits per heavy atom. The molecule has 0 saturated heterocycles. The molecule has 0 amide bonds. The smallest absolute Gasteiger partial charge is 0.137 e. The molecular formula is C12H13BrFN3. The molecule has 0 atom stereocenters. The molecule has 0 aliphatic carbocycles. The lowest BCUT2D eigenvalue weighted by Crippen LogP contribution is -2.12. The normalized spacial score (nSPS) is 10.8. The standard InChI is InChI=1S/C12H13BrFN3/c1-2-15-7-12-16-6-11(17-12)8-3-4-10(14)9(13)5-8/h3-6,15H,2,7H2,1H3,(H,16,17). The minimum Gasteiger partial charge on any atom is -0.341 e. The molecule has 0 bridgehead atoms. The van der Waals surface area contributed by atoms with E-state index in [1.54, 1.807) is 18.3 Å². The van der Waals surface area contributed by atoms with E-state index in [1.165, 1.54) is 6.07 Å².